The summed E-state index contributed by atoms with van der Waals surface area (Å²) in [5.74, 6) is 0.828. The average molecular weight is 267 g/mol. The first kappa shape index (κ1) is 12.3. The predicted molar refractivity (Wildman–Crippen MR) is 72.1 cm³/mol. The van der Waals surface area contributed by atoms with Crippen LogP contribution in [0.15, 0.2) is 48.5 Å². The highest BCUT2D eigenvalue weighted by Crippen LogP contribution is 2.30. The van der Waals surface area contributed by atoms with E-state index in [2.05, 4.69) is 0 Å². The second kappa shape index (κ2) is 5.44. The fourth-order valence-corrected chi connectivity index (χ4v) is 2.01. The second-order valence-electron chi connectivity index (χ2n) is 3.69. The Morgan fingerprint density at radius 1 is 0.882 bits per heavy atom. The van der Waals surface area contributed by atoms with E-state index < -0.39 is 0 Å². The van der Waals surface area contributed by atoms with Crippen molar-refractivity contribution in [1.29, 1.82) is 0 Å². The highest BCUT2D eigenvalue weighted by atomic mass is 35.5. The topological polar surface area (TPSA) is 9.23 Å². The number of benzene rings is 2. The van der Waals surface area contributed by atoms with Gasteiger partial charge in [-0.05, 0) is 35.4 Å². The summed E-state index contributed by atoms with van der Waals surface area (Å²) in [4.78, 5) is 0. The standard InChI is InChI=1S/C14H12Cl2O/c1-17-13-8-4-11(5-9-13)14(16)10-2-6-12(15)7-3-10/h2-9,14H,1H3. The van der Waals surface area contributed by atoms with Crippen molar-refractivity contribution < 1.29 is 4.74 Å². The van der Waals surface area contributed by atoms with Crippen molar-refractivity contribution in [3.05, 3.63) is 64.7 Å². The molecule has 0 radical (unpaired) electrons. The Hall–Kier alpha value is -1.18. The van der Waals surface area contributed by atoms with Crippen LogP contribution in [0.4, 0.5) is 0 Å². The van der Waals surface area contributed by atoms with Gasteiger partial charge in [-0.3, -0.25) is 0 Å². The van der Waals surface area contributed by atoms with E-state index in [1.54, 1.807) is 7.11 Å². The molecule has 0 spiro atoms. The lowest BCUT2D eigenvalue weighted by molar-refractivity contribution is 0.414. The van der Waals surface area contributed by atoms with Crippen LogP contribution in [0.5, 0.6) is 5.75 Å². The van der Waals surface area contributed by atoms with E-state index in [0.717, 1.165) is 16.9 Å². The van der Waals surface area contributed by atoms with Gasteiger partial charge in [0, 0.05) is 5.02 Å². The Bertz CT molecular complexity index is 477. The molecule has 1 unspecified atom stereocenters. The molecule has 0 saturated carbocycles. The van der Waals surface area contributed by atoms with Crippen LogP contribution >= 0.6 is 23.2 Å². The second-order valence-corrected chi connectivity index (χ2v) is 4.56. The molecule has 0 N–H and O–H groups in total. The van der Waals surface area contributed by atoms with E-state index in [0.29, 0.717) is 5.02 Å². The van der Waals surface area contributed by atoms with Crippen molar-refractivity contribution in [2.75, 3.05) is 7.11 Å². The number of alkyl halides is 1. The van der Waals surface area contributed by atoms with Crippen molar-refractivity contribution in [3.8, 4) is 5.75 Å². The highest BCUT2D eigenvalue weighted by Gasteiger charge is 2.10. The number of halogens is 2. The zero-order valence-electron chi connectivity index (χ0n) is 9.36. The van der Waals surface area contributed by atoms with Gasteiger partial charge in [-0.1, -0.05) is 35.9 Å². The molecule has 0 aliphatic heterocycles. The first-order valence-corrected chi connectivity index (χ1v) is 6.05. The Morgan fingerprint density at radius 3 is 1.82 bits per heavy atom. The molecular formula is C14H12Cl2O. The van der Waals surface area contributed by atoms with E-state index in [4.69, 9.17) is 27.9 Å². The Morgan fingerprint density at radius 2 is 1.35 bits per heavy atom. The van der Waals surface area contributed by atoms with E-state index in [1.807, 2.05) is 48.5 Å². The molecular weight excluding hydrogens is 255 g/mol. The summed E-state index contributed by atoms with van der Waals surface area (Å²) in [6.07, 6.45) is 0. The summed E-state index contributed by atoms with van der Waals surface area (Å²) in [7, 11) is 1.65. The maximum Gasteiger partial charge on any atom is 0.118 e. The molecule has 2 aromatic rings. The molecule has 1 atom stereocenters. The molecule has 0 fully saturated rings. The van der Waals surface area contributed by atoms with Gasteiger partial charge in [-0.2, -0.15) is 0 Å². The van der Waals surface area contributed by atoms with Crippen LogP contribution in [0.2, 0.25) is 5.02 Å². The largest absolute Gasteiger partial charge is 0.497 e. The third-order valence-electron chi connectivity index (χ3n) is 2.57. The molecule has 3 heteroatoms. The van der Waals surface area contributed by atoms with Gasteiger partial charge in [0.25, 0.3) is 0 Å². The highest BCUT2D eigenvalue weighted by molar-refractivity contribution is 6.30. The molecule has 1 nitrogen and oxygen atoms in total. The zero-order valence-corrected chi connectivity index (χ0v) is 10.9. The van der Waals surface area contributed by atoms with Crippen molar-refractivity contribution in [3.63, 3.8) is 0 Å². The number of methoxy groups -OCH3 is 1. The molecule has 0 amide bonds. The molecule has 0 bridgehead atoms. The quantitative estimate of drug-likeness (QED) is 0.734. The molecule has 0 saturated heterocycles. The molecule has 0 heterocycles. The Kier molecular flexibility index (Phi) is 3.93. The van der Waals surface area contributed by atoms with Gasteiger partial charge in [-0.15, -0.1) is 11.6 Å². The normalized spacial score (nSPS) is 12.2. The predicted octanol–water partition coefficient (Wildman–Crippen LogP) is 4.68. The maximum absolute atomic E-state index is 6.40. The Labute approximate surface area is 111 Å². The maximum atomic E-state index is 6.40. The van der Waals surface area contributed by atoms with Crippen molar-refractivity contribution in [1.82, 2.24) is 0 Å². The molecule has 88 valence electrons. The number of hydrogen-bond donors (Lipinski definition) is 0. The number of ether oxygens (including phenoxy) is 1. The van der Waals surface area contributed by atoms with E-state index in [9.17, 15) is 0 Å². The SMILES string of the molecule is COc1ccc(C(Cl)c2ccc(Cl)cc2)cc1. The summed E-state index contributed by atoms with van der Waals surface area (Å²) in [5.41, 5.74) is 2.07. The third-order valence-corrected chi connectivity index (χ3v) is 3.33. The van der Waals surface area contributed by atoms with Crippen LogP contribution in [0.25, 0.3) is 0 Å². The zero-order chi connectivity index (χ0) is 12.3. The molecule has 17 heavy (non-hydrogen) atoms. The minimum atomic E-state index is -0.168. The van der Waals surface area contributed by atoms with Gasteiger partial charge < -0.3 is 4.74 Å². The van der Waals surface area contributed by atoms with Gasteiger partial charge >= 0.3 is 0 Å². The lowest BCUT2D eigenvalue weighted by Gasteiger charge is -2.11. The lowest BCUT2D eigenvalue weighted by Crippen LogP contribution is -1.93. The van der Waals surface area contributed by atoms with Crippen LogP contribution in [-0.4, -0.2) is 7.11 Å². The minimum Gasteiger partial charge on any atom is -0.497 e. The molecule has 2 aromatic carbocycles. The fraction of sp³-hybridized carbons (Fsp3) is 0.143. The third kappa shape index (κ3) is 2.93. The molecule has 2 rings (SSSR count). The first-order chi connectivity index (χ1) is 8.20. The summed E-state index contributed by atoms with van der Waals surface area (Å²) >= 11 is 12.2. The smallest absolute Gasteiger partial charge is 0.118 e. The monoisotopic (exact) mass is 266 g/mol. The van der Waals surface area contributed by atoms with Crippen LogP contribution in [0, 0.1) is 0 Å². The van der Waals surface area contributed by atoms with Crippen molar-refractivity contribution in [2.24, 2.45) is 0 Å². The summed E-state index contributed by atoms with van der Waals surface area (Å²) < 4.78 is 5.11. The fourth-order valence-electron chi connectivity index (χ4n) is 1.60. The van der Waals surface area contributed by atoms with Gasteiger partial charge in [0.1, 0.15) is 5.75 Å². The van der Waals surface area contributed by atoms with E-state index in [-0.39, 0.29) is 5.38 Å². The average Bonchev–Trinajstić information content (AvgIpc) is 2.39. The molecule has 0 aliphatic rings. The number of hydrogen-bond acceptors (Lipinski definition) is 1. The lowest BCUT2D eigenvalue weighted by atomic mass is 10.0. The summed E-state index contributed by atoms with van der Waals surface area (Å²) in [6, 6.07) is 15.3. The first-order valence-electron chi connectivity index (χ1n) is 5.24. The van der Waals surface area contributed by atoms with Crippen LogP contribution in [0.1, 0.15) is 16.5 Å². The summed E-state index contributed by atoms with van der Waals surface area (Å²) in [5, 5.41) is 0.547. The van der Waals surface area contributed by atoms with Gasteiger partial charge in [-0.25, -0.2) is 0 Å². The minimum absolute atomic E-state index is 0.168. The summed E-state index contributed by atoms with van der Waals surface area (Å²) in [6.45, 7) is 0. The van der Waals surface area contributed by atoms with Crippen LogP contribution < -0.4 is 4.74 Å². The van der Waals surface area contributed by atoms with Gasteiger partial charge in [0.05, 0.1) is 12.5 Å². The van der Waals surface area contributed by atoms with Crippen molar-refractivity contribution >= 4 is 23.2 Å². The van der Waals surface area contributed by atoms with Crippen LogP contribution in [-0.2, 0) is 0 Å². The molecule has 0 aliphatic carbocycles. The Balaban J connectivity index is 2.23. The van der Waals surface area contributed by atoms with Gasteiger partial charge in [0.2, 0.25) is 0 Å². The van der Waals surface area contributed by atoms with Gasteiger partial charge in [0.15, 0.2) is 0 Å². The number of rotatable bonds is 3. The van der Waals surface area contributed by atoms with Crippen LogP contribution in [0.3, 0.4) is 0 Å². The van der Waals surface area contributed by atoms with Crippen molar-refractivity contribution in [2.45, 2.75) is 5.38 Å². The van der Waals surface area contributed by atoms with E-state index in [1.165, 1.54) is 0 Å². The van der Waals surface area contributed by atoms with E-state index >= 15 is 0 Å². The molecule has 0 aromatic heterocycles.